The molecule has 0 aromatic carbocycles. The Kier molecular flexibility index (Phi) is 20.4. The molecule has 0 saturated heterocycles. The molecule has 0 spiro atoms. The van der Waals surface area contributed by atoms with E-state index in [0.717, 1.165) is 19.3 Å². The molecule has 0 fully saturated rings. The molecule has 0 saturated carbocycles. The number of rotatable bonds is 17. The summed E-state index contributed by atoms with van der Waals surface area (Å²) in [4.78, 5) is 33.2. The summed E-state index contributed by atoms with van der Waals surface area (Å²) in [6.07, 6.45) is 13.1. The predicted octanol–water partition coefficient (Wildman–Crippen LogP) is 3.47. The number of amides is 1. The number of hydrogen-bond donors (Lipinski definition) is 3. The van der Waals surface area contributed by atoms with Crippen LogP contribution in [-0.4, -0.2) is 63.7 Å². The van der Waals surface area contributed by atoms with Crippen LogP contribution in [-0.2, 0) is 14.4 Å². The Balaban J connectivity index is 0. The number of hydrogen-bond acceptors (Lipinski definition) is 3. The molecule has 0 aliphatic carbocycles. The number of aliphatic carboxylic acids is 2. The van der Waals surface area contributed by atoms with E-state index in [4.69, 9.17) is 10.2 Å². The van der Waals surface area contributed by atoms with E-state index in [2.05, 4.69) is 12.2 Å². The van der Waals surface area contributed by atoms with Crippen molar-refractivity contribution in [1.82, 2.24) is 5.32 Å². The van der Waals surface area contributed by atoms with Crippen LogP contribution in [0.2, 0.25) is 0 Å². The van der Waals surface area contributed by atoms with Crippen LogP contribution < -0.4 is 5.32 Å². The molecule has 3 N–H and O–H groups in total. The molecule has 0 aliphatic rings. The molecule has 0 unspecified atom stereocenters. The topological polar surface area (TPSA) is 104 Å². The molecular weight excluding hydrogens is 345 g/mol. The molecule has 26 heavy (non-hydrogen) atoms. The second-order valence-electron chi connectivity index (χ2n) is 6.68. The first-order valence-corrected chi connectivity index (χ1v) is 9.71. The summed E-state index contributed by atoms with van der Waals surface area (Å²) in [5.74, 6) is -2.56. The average Bonchev–Trinajstić information content (AvgIpc) is 2.56. The number of carbonyl (C=O) groups excluding carboxylic acids is 1. The number of carbonyl (C=O) groups is 3. The van der Waals surface area contributed by atoms with E-state index in [1.54, 1.807) is 0 Å². The molecule has 1 amide bonds. The normalized spacial score (nSPS) is 11.4. The maximum atomic E-state index is 11.7. The number of carboxylic acid groups (broad SMARTS) is 2. The van der Waals surface area contributed by atoms with Crippen LogP contribution >= 0.6 is 0 Å². The number of unbranched alkanes of at least 4 members (excludes halogenated alkanes) is 10. The second kappa shape index (κ2) is 19.2. The van der Waals surface area contributed by atoms with E-state index < -0.39 is 18.0 Å². The zero-order valence-corrected chi connectivity index (χ0v) is 15.6. The van der Waals surface area contributed by atoms with E-state index in [0.29, 0.717) is 6.42 Å². The van der Waals surface area contributed by atoms with Crippen molar-refractivity contribution in [2.24, 2.45) is 0 Å². The van der Waals surface area contributed by atoms with Gasteiger partial charge in [-0.05, 0) is 12.8 Å². The minimum atomic E-state index is -1.19. The van der Waals surface area contributed by atoms with Gasteiger partial charge >= 0.3 is 41.5 Å². The van der Waals surface area contributed by atoms with Crippen molar-refractivity contribution in [3.8, 4) is 0 Å². The second-order valence-corrected chi connectivity index (χ2v) is 6.68. The molecule has 7 heteroatoms. The molecule has 0 aromatic heterocycles. The van der Waals surface area contributed by atoms with Crippen LogP contribution in [0.3, 0.4) is 0 Å². The van der Waals surface area contributed by atoms with Gasteiger partial charge in [-0.1, -0.05) is 71.1 Å². The number of nitrogens with one attached hydrogen (secondary N) is 1. The fourth-order valence-corrected chi connectivity index (χ4v) is 2.74. The third kappa shape index (κ3) is 18.2. The van der Waals surface area contributed by atoms with Gasteiger partial charge in [-0.25, -0.2) is 4.79 Å². The van der Waals surface area contributed by atoms with E-state index in [1.807, 2.05) is 0 Å². The van der Waals surface area contributed by atoms with Gasteiger partial charge in [0.2, 0.25) is 5.91 Å². The Labute approximate surface area is 179 Å². The maximum absolute atomic E-state index is 11.7. The average molecular weight is 381 g/mol. The van der Waals surface area contributed by atoms with Crippen LogP contribution in [0.4, 0.5) is 0 Å². The van der Waals surface area contributed by atoms with Crippen molar-refractivity contribution in [2.45, 2.75) is 103 Å². The number of carboxylic acids is 2. The SMILES string of the molecule is CCCCCCCCCCCCCC(=O)N[C@H](CCC(=O)O)C(=O)O.[NaH]. The summed E-state index contributed by atoms with van der Waals surface area (Å²) in [5.41, 5.74) is 0. The van der Waals surface area contributed by atoms with Gasteiger partial charge in [0, 0.05) is 12.8 Å². The molecule has 6 nitrogen and oxygen atoms in total. The van der Waals surface area contributed by atoms with Crippen LogP contribution in [0, 0.1) is 0 Å². The first-order valence-electron chi connectivity index (χ1n) is 9.71. The summed E-state index contributed by atoms with van der Waals surface area (Å²) in [5, 5.41) is 20.0. The Morgan fingerprint density at radius 3 is 1.65 bits per heavy atom. The van der Waals surface area contributed by atoms with Gasteiger partial charge in [-0.2, -0.15) is 0 Å². The predicted molar refractivity (Wildman–Crippen MR) is 105 cm³/mol. The third-order valence-electron chi connectivity index (χ3n) is 4.29. The van der Waals surface area contributed by atoms with Gasteiger partial charge in [-0.3, -0.25) is 9.59 Å². The van der Waals surface area contributed by atoms with Gasteiger partial charge in [0.05, 0.1) is 0 Å². The van der Waals surface area contributed by atoms with Crippen molar-refractivity contribution in [2.75, 3.05) is 0 Å². The molecule has 0 heterocycles. The molecule has 0 rings (SSSR count). The van der Waals surface area contributed by atoms with Gasteiger partial charge in [0.25, 0.3) is 0 Å². The van der Waals surface area contributed by atoms with Crippen molar-refractivity contribution in [1.29, 1.82) is 0 Å². The molecule has 0 aliphatic heterocycles. The summed E-state index contributed by atoms with van der Waals surface area (Å²) < 4.78 is 0. The van der Waals surface area contributed by atoms with Gasteiger partial charge < -0.3 is 15.5 Å². The Morgan fingerprint density at radius 2 is 1.23 bits per heavy atom. The minimum absolute atomic E-state index is 0. The summed E-state index contributed by atoms with van der Waals surface area (Å²) in [6, 6.07) is -1.11. The van der Waals surface area contributed by atoms with Gasteiger partial charge in [-0.15, -0.1) is 0 Å². The van der Waals surface area contributed by atoms with Gasteiger partial charge in [0.15, 0.2) is 0 Å². The van der Waals surface area contributed by atoms with Crippen LogP contribution in [0.15, 0.2) is 0 Å². The van der Waals surface area contributed by atoms with E-state index in [1.165, 1.54) is 51.4 Å². The van der Waals surface area contributed by atoms with E-state index in [-0.39, 0.29) is 48.3 Å². The Morgan fingerprint density at radius 1 is 0.769 bits per heavy atom. The summed E-state index contributed by atoms with van der Waals surface area (Å²) in [7, 11) is 0. The van der Waals surface area contributed by atoms with Gasteiger partial charge in [0.1, 0.15) is 6.04 Å². The molecule has 0 radical (unpaired) electrons. The molecular formula is C19H36NNaO5. The van der Waals surface area contributed by atoms with Crippen molar-refractivity contribution >= 4 is 47.4 Å². The molecule has 148 valence electrons. The molecule has 0 bridgehead atoms. The van der Waals surface area contributed by atoms with Crippen LogP contribution in [0.5, 0.6) is 0 Å². The van der Waals surface area contributed by atoms with Crippen LogP contribution in [0.1, 0.15) is 96.8 Å². The first-order chi connectivity index (χ1) is 12.0. The molecule has 0 aromatic rings. The monoisotopic (exact) mass is 381 g/mol. The zero-order valence-electron chi connectivity index (χ0n) is 15.6. The van der Waals surface area contributed by atoms with Crippen molar-refractivity contribution in [3.05, 3.63) is 0 Å². The summed E-state index contributed by atoms with van der Waals surface area (Å²) >= 11 is 0. The third-order valence-corrected chi connectivity index (χ3v) is 4.29. The molecule has 1 atom stereocenters. The van der Waals surface area contributed by atoms with Crippen molar-refractivity contribution in [3.63, 3.8) is 0 Å². The van der Waals surface area contributed by atoms with Crippen LogP contribution in [0.25, 0.3) is 0 Å². The van der Waals surface area contributed by atoms with Crippen molar-refractivity contribution < 1.29 is 24.6 Å². The first kappa shape index (κ1) is 27.6. The van der Waals surface area contributed by atoms with E-state index >= 15 is 0 Å². The summed E-state index contributed by atoms with van der Waals surface area (Å²) in [6.45, 7) is 2.22. The standard InChI is InChI=1S/C19H35NO5.Na.H/c1-2-3-4-5-6-7-8-9-10-11-12-13-17(21)20-16(19(24)25)14-15-18(22)23;;/h16H,2-15H2,1H3,(H,20,21)(H,22,23)(H,24,25);;/t16-;;/m1../s1. The Bertz CT molecular complexity index is 390. The van der Waals surface area contributed by atoms with E-state index in [9.17, 15) is 14.4 Å². The fraction of sp³-hybridized carbons (Fsp3) is 0.842. The quantitative estimate of drug-likeness (QED) is 0.264. The fourth-order valence-electron chi connectivity index (χ4n) is 2.74. The zero-order chi connectivity index (χ0) is 18.9. The Hall–Kier alpha value is -0.590.